The Labute approximate surface area is 119 Å². The summed E-state index contributed by atoms with van der Waals surface area (Å²) in [4.78, 5) is 0. The predicted octanol–water partition coefficient (Wildman–Crippen LogP) is 2.40. The van der Waals surface area contributed by atoms with Gasteiger partial charge in [0, 0.05) is 5.70 Å². The molecule has 3 unspecified atom stereocenters. The van der Waals surface area contributed by atoms with Gasteiger partial charge in [0.25, 0.3) is 0 Å². The fourth-order valence-corrected chi connectivity index (χ4v) is 3.80. The van der Waals surface area contributed by atoms with E-state index in [9.17, 15) is 0 Å². The summed E-state index contributed by atoms with van der Waals surface area (Å²) in [5.41, 5.74) is 11.9. The van der Waals surface area contributed by atoms with Gasteiger partial charge in [0.15, 0.2) is 0 Å². The fourth-order valence-electron chi connectivity index (χ4n) is 3.80. The van der Waals surface area contributed by atoms with E-state index in [2.05, 4.69) is 60.9 Å². The first-order valence-corrected chi connectivity index (χ1v) is 7.36. The highest BCUT2D eigenvalue weighted by atomic mass is 15.3. The van der Waals surface area contributed by atoms with Crippen LogP contribution in [0.15, 0.2) is 53.3 Å². The van der Waals surface area contributed by atoms with E-state index in [0.717, 1.165) is 0 Å². The molecule has 4 aliphatic rings. The third-order valence-electron chi connectivity index (χ3n) is 5.19. The standard InChI is InChI=1S/C17H21N3/c1-17(2)11-8-12-14(10-6-4-3-5-7-10)19-16(18)20-15(12)13(17)9-11/h3-8,11,14,16,19-20H,9,18H2,1-2H3. The van der Waals surface area contributed by atoms with Gasteiger partial charge in [-0.3, -0.25) is 11.1 Å². The summed E-state index contributed by atoms with van der Waals surface area (Å²) in [6.07, 6.45) is 3.45. The van der Waals surface area contributed by atoms with Crippen molar-refractivity contribution in [2.75, 3.05) is 0 Å². The normalized spacial score (nSPS) is 33.8. The maximum Gasteiger partial charge on any atom is 0.130 e. The topological polar surface area (TPSA) is 50.1 Å². The zero-order valence-corrected chi connectivity index (χ0v) is 12.0. The van der Waals surface area contributed by atoms with Gasteiger partial charge in [-0.15, -0.1) is 0 Å². The van der Waals surface area contributed by atoms with E-state index >= 15 is 0 Å². The number of benzene rings is 1. The second-order valence-corrected chi connectivity index (χ2v) is 6.64. The Kier molecular flexibility index (Phi) is 2.41. The Morgan fingerprint density at radius 2 is 1.95 bits per heavy atom. The van der Waals surface area contributed by atoms with Gasteiger partial charge in [-0.05, 0) is 34.5 Å². The lowest BCUT2D eigenvalue weighted by molar-refractivity contribution is 0.194. The molecule has 0 amide bonds. The van der Waals surface area contributed by atoms with Crippen molar-refractivity contribution in [3.63, 3.8) is 0 Å². The van der Waals surface area contributed by atoms with Gasteiger partial charge in [0.2, 0.25) is 0 Å². The molecule has 2 fully saturated rings. The summed E-state index contributed by atoms with van der Waals surface area (Å²) >= 11 is 0. The van der Waals surface area contributed by atoms with Gasteiger partial charge in [-0.2, -0.15) is 0 Å². The molecule has 0 radical (unpaired) electrons. The van der Waals surface area contributed by atoms with Crippen LogP contribution in [0.25, 0.3) is 0 Å². The highest BCUT2D eigenvalue weighted by Crippen LogP contribution is 2.58. The highest BCUT2D eigenvalue weighted by Gasteiger charge is 2.49. The number of rotatable bonds is 1. The summed E-state index contributed by atoms with van der Waals surface area (Å²) < 4.78 is 0. The van der Waals surface area contributed by atoms with E-state index in [0.29, 0.717) is 11.3 Å². The minimum Gasteiger partial charge on any atom is -0.358 e. The van der Waals surface area contributed by atoms with Crippen molar-refractivity contribution in [3.05, 3.63) is 58.8 Å². The Morgan fingerprint density at radius 3 is 2.65 bits per heavy atom. The molecule has 1 aromatic carbocycles. The molecule has 5 rings (SSSR count). The minimum absolute atomic E-state index is 0.187. The molecule has 4 N–H and O–H groups in total. The van der Waals surface area contributed by atoms with Gasteiger partial charge in [-0.1, -0.05) is 50.3 Å². The van der Waals surface area contributed by atoms with Crippen LogP contribution in [0, 0.1) is 11.3 Å². The first-order valence-electron chi connectivity index (χ1n) is 7.36. The number of hydrogen-bond donors (Lipinski definition) is 3. The predicted molar refractivity (Wildman–Crippen MR) is 80.4 cm³/mol. The summed E-state index contributed by atoms with van der Waals surface area (Å²) in [5, 5.41) is 6.90. The average molecular weight is 267 g/mol. The maximum atomic E-state index is 6.15. The quantitative estimate of drug-likeness (QED) is 0.732. The molecule has 3 atom stereocenters. The Bertz CT molecular complexity index is 612. The summed E-state index contributed by atoms with van der Waals surface area (Å²) in [5.74, 6) is 0.667. The smallest absolute Gasteiger partial charge is 0.130 e. The number of nitrogens with two attached hydrogens (primary N) is 1. The molecule has 1 aliphatic heterocycles. The lowest BCUT2D eigenvalue weighted by atomic mass is 9.54. The third kappa shape index (κ3) is 1.54. The van der Waals surface area contributed by atoms with Crippen LogP contribution < -0.4 is 16.4 Å². The van der Waals surface area contributed by atoms with Crippen molar-refractivity contribution < 1.29 is 0 Å². The highest BCUT2D eigenvalue weighted by molar-refractivity contribution is 5.53. The molecular formula is C17H21N3. The maximum absolute atomic E-state index is 6.15. The molecule has 1 aromatic rings. The Morgan fingerprint density at radius 1 is 1.20 bits per heavy atom. The molecule has 3 aliphatic carbocycles. The summed E-state index contributed by atoms with van der Waals surface area (Å²) in [6, 6.07) is 10.8. The van der Waals surface area contributed by atoms with Crippen molar-refractivity contribution in [1.29, 1.82) is 0 Å². The molecule has 1 saturated heterocycles. The second kappa shape index (κ2) is 3.96. The van der Waals surface area contributed by atoms with Crippen molar-refractivity contribution in [1.82, 2.24) is 10.6 Å². The number of nitrogens with one attached hydrogen (secondary N) is 2. The van der Waals surface area contributed by atoms with Crippen molar-refractivity contribution in [2.24, 2.45) is 17.1 Å². The summed E-state index contributed by atoms with van der Waals surface area (Å²) in [6.45, 7) is 4.67. The number of allylic oxidation sites excluding steroid dienone is 2. The summed E-state index contributed by atoms with van der Waals surface area (Å²) in [7, 11) is 0. The van der Waals surface area contributed by atoms with Crippen LogP contribution in [0.2, 0.25) is 0 Å². The fraction of sp³-hybridized carbons (Fsp3) is 0.412. The molecule has 20 heavy (non-hydrogen) atoms. The minimum atomic E-state index is -0.187. The Hall–Kier alpha value is -1.58. The Balaban J connectivity index is 1.79. The van der Waals surface area contributed by atoms with Crippen LogP contribution in [0.4, 0.5) is 0 Å². The van der Waals surface area contributed by atoms with Crippen molar-refractivity contribution in [2.45, 2.75) is 32.6 Å². The average Bonchev–Trinajstić information content (AvgIpc) is 2.46. The lowest BCUT2D eigenvalue weighted by Crippen LogP contribution is -2.58. The first-order chi connectivity index (χ1) is 9.57. The molecule has 104 valence electrons. The van der Waals surface area contributed by atoms with E-state index in [1.165, 1.54) is 28.8 Å². The van der Waals surface area contributed by atoms with Crippen LogP contribution in [0.3, 0.4) is 0 Å². The lowest BCUT2D eigenvalue weighted by Gasteiger charge is -2.54. The molecule has 3 nitrogen and oxygen atoms in total. The van der Waals surface area contributed by atoms with E-state index in [-0.39, 0.29) is 12.3 Å². The van der Waals surface area contributed by atoms with E-state index in [1.54, 1.807) is 0 Å². The van der Waals surface area contributed by atoms with Gasteiger partial charge >= 0.3 is 0 Å². The van der Waals surface area contributed by atoms with E-state index in [4.69, 9.17) is 5.73 Å². The number of hydrogen-bond acceptors (Lipinski definition) is 3. The van der Waals surface area contributed by atoms with E-state index < -0.39 is 0 Å². The molecule has 2 bridgehead atoms. The van der Waals surface area contributed by atoms with Crippen molar-refractivity contribution in [3.8, 4) is 0 Å². The van der Waals surface area contributed by atoms with Crippen molar-refractivity contribution >= 4 is 0 Å². The molecular weight excluding hydrogens is 246 g/mol. The zero-order chi connectivity index (χ0) is 13.9. The van der Waals surface area contributed by atoms with Crippen LogP contribution in [-0.2, 0) is 0 Å². The van der Waals surface area contributed by atoms with Gasteiger partial charge < -0.3 is 5.32 Å². The SMILES string of the molecule is CC1(C)C2=C3NC(N)NC(c4ccccc4)C3=CC1C2. The van der Waals surface area contributed by atoms with Crippen LogP contribution in [-0.4, -0.2) is 6.29 Å². The van der Waals surface area contributed by atoms with Crippen LogP contribution >= 0.6 is 0 Å². The zero-order valence-electron chi connectivity index (χ0n) is 12.0. The largest absolute Gasteiger partial charge is 0.358 e. The van der Waals surface area contributed by atoms with Crippen LogP contribution in [0.5, 0.6) is 0 Å². The second-order valence-electron chi connectivity index (χ2n) is 6.64. The van der Waals surface area contributed by atoms with Gasteiger partial charge in [0.1, 0.15) is 6.29 Å². The van der Waals surface area contributed by atoms with E-state index in [1.807, 2.05) is 0 Å². The molecule has 1 heterocycles. The molecule has 1 saturated carbocycles. The third-order valence-corrected chi connectivity index (χ3v) is 5.19. The molecule has 0 aromatic heterocycles. The van der Waals surface area contributed by atoms with Gasteiger partial charge in [0.05, 0.1) is 6.04 Å². The molecule has 0 spiro atoms. The van der Waals surface area contributed by atoms with Gasteiger partial charge in [-0.25, -0.2) is 0 Å². The monoisotopic (exact) mass is 267 g/mol. The first kappa shape index (κ1) is 12.2. The molecule has 3 heteroatoms. The van der Waals surface area contributed by atoms with Crippen LogP contribution in [0.1, 0.15) is 31.9 Å².